The molecule has 0 aliphatic rings. The normalized spacial score (nSPS) is 16.3. The molecule has 10 heteroatoms. The van der Waals surface area contributed by atoms with Crippen LogP contribution in [-0.4, -0.2) is 60.1 Å². The lowest BCUT2D eigenvalue weighted by Gasteiger charge is -2.07. The Morgan fingerprint density at radius 2 is 1.97 bits per heavy atom. The fourth-order valence-corrected chi connectivity index (χ4v) is 3.75. The third-order valence-electron chi connectivity index (χ3n) is 3.26. The van der Waals surface area contributed by atoms with Gasteiger partial charge in [0.1, 0.15) is 11.6 Å². The van der Waals surface area contributed by atoms with Gasteiger partial charge in [0.05, 0.1) is 13.2 Å². The van der Waals surface area contributed by atoms with Crippen molar-refractivity contribution in [2.75, 3.05) is 32.1 Å². The predicted octanol–water partition coefficient (Wildman–Crippen LogP) is 3.70. The number of aliphatic carboxylic acids is 1. The van der Waals surface area contributed by atoms with E-state index in [1.54, 1.807) is 6.20 Å². The van der Waals surface area contributed by atoms with Crippen LogP contribution >= 0.6 is 21.6 Å². The summed E-state index contributed by atoms with van der Waals surface area (Å²) in [6, 6.07) is 5.59. The molecule has 0 radical (unpaired) electrons. The number of aromatic nitrogens is 1. The lowest BCUT2D eigenvalue weighted by atomic mass is 10.1. The smallest absolute Gasteiger partial charge is 0.305 e. The maximum absolute atomic E-state index is 11.8. The van der Waals surface area contributed by atoms with Crippen molar-refractivity contribution in [3.8, 4) is 0 Å². The number of carbonyl (C=O) groups excluding carboxylic acids is 2. The molecule has 31 heavy (non-hydrogen) atoms. The van der Waals surface area contributed by atoms with Crippen molar-refractivity contribution in [2.24, 2.45) is 0 Å². The number of carbonyl (C=O) groups is 3. The van der Waals surface area contributed by atoms with Crippen molar-refractivity contribution in [1.29, 1.82) is 0 Å². The van der Waals surface area contributed by atoms with Crippen molar-refractivity contribution in [3.05, 3.63) is 24.4 Å². The van der Waals surface area contributed by atoms with Gasteiger partial charge >= 0.3 is 11.9 Å². The summed E-state index contributed by atoms with van der Waals surface area (Å²) >= 11 is 0. The molecule has 1 heterocycles. The summed E-state index contributed by atoms with van der Waals surface area (Å²) in [6.07, 6.45) is -13.1. The van der Waals surface area contributed by atoms with Crippen LogP contribution in [0, 0.1) is 0 Å². The summed E-state index contributed by atoms with van der Waals surface area (Å²) in [4.78, 5) is 38.9. The quantitative estimate of drug-likeness (QED) is 0.174. The molecule has 0 unspecified atom stereocenters. The Hall–Kier alpha value is -1.78. The SMILES string of the molecule is [2H]C([2H])(CCCC(=O)OCCOCCNC(=O)CCSSc1ccccn1)C([2H])([2H])C([2H])([2H])C([2H])([2H])C(=O)O. The highest BCUT2D eigenvalue weighted by atomic mass is 33.1. The highest BCUT2D eigenvalue weighted by Crippen LogP contribution is 2.29. The van der Waals surface area contributed by atoms with Crippen LogP contribution in [0.3, 0.4) is 0 Å². The minimum absolute atomic E-state index is 0.0477. The molecule has 174 valence electrons. The zero-order chi connectivity index (χ0) is 29.7. The Morgan fingerprint density at radius 3 is 2.74 bits per heavy atom. The average molecular weight is 481 g/mol. The number of nitrogens with zero attached hydrogens (tertiary/aromatic N) is 1. The van der Waals surface area contributed by atoms with Gasteiger partial charge in [0.2, 0.25) is 5.91 Å². The number of hydrogen-bond acceptors (Lipinski definition) is 8. The Bertz CT molecular complexity index is 944. The van der Waals surface area contributed by atoms with Crippen LogP contribution in [-0.2, 0) is 23.9 Å². The Balaban J connectivity index is 2.19. The van der Waals surface area contributed by atoms with Crippen LogP contribution < -0.4 is 5.32 Å². The first-order valence-corrected chi connectivity index (χ1v) is 11.8. The van der Waals surface area contributed by atoms with E-state index in [-0.39, 0.29) is 45.1 Å². The molecule has 0 fully saturated rings. The van der Waals surface area contributed by atoms with Crippen LogP contribution in [0.1, 0.15) is 62.1 Å². The minimum Gasteiger partial charge on any atom is -0.481 e. The van der Waals surface area contributed by atoms with E-state index in [0.717, 1.165) is 5.03 Å². The second-order valence-electron chi connectivity index (χ2n) is 5.72. The molecule has 0 saturated carbocycles. The topological polar surface area (TPSA) is 115 Å². The second-order valence-corrected chi connectivity index (χ2v) is 8.15. The van der Waals surface area contributed by atoms with Gasteiger partial charge in [-0.05, 0) is 35.7 Å². The number of pyridine rings is 1. The Morgan fingerprint density at radius 1 is 1.10 bits per heavy atom. The number of rotatable bonds is 19. The van der Waals surface area contributed by atoms with Crippen molar-refractivity contribution in [3.63, 3.8) is 0 Å². The third kappa shape index (κ3) is 17.6. The van der Waals surface area contributed by atoms with E-state index in [4.69, 9.17) is 25.5 Å². The molecule has 0 bridgehead atoms. The van der Waals surface area contributed by atoms with Crippen molar-refractivity contribution in [1.82, 2.24) is 10.3 Å². The number of nitrogens with one attached hydrogen (secondary N) is 1. The fourth-order valence-electron chi connectivity index (χ4n) is 1.88. The van der Waals surface area contributed by atoms with Crippen molar-refractivity contribution >= 4 is 39.4 Å². The summed E-state index contributed by atoms with van der Waals surface area (Å²) in [6.45, 7) is 0.407. The summed E-state index contributed by atoms with van der Waals surface area (Å²) in [5.41, 5.74) is 0. The van der Waals surface area contributed by atoms with Crippen LogP contribution in [0.2, 0.25) is 0 Å². The largest absolute Gasteiger partial charge is 0.481 e. The molecule has 0 aliphatic carbocycles. The molecule has 0 saturated heterocycles. The molecule has 1 aromatic heterocycles. The van der Waals surface area contributed by atoms with Crippen molar-refractivity contribution < 1.29 is 39.9 Å². The van der Waals surface area contributed by atoms with E-state index in [9.17, 15) is 14.4 Å². The van der Waals surface area contributed by atoms with Crippen LogP contribution in [0.4, 0.5) is 0 Å². The van der Waals surface area contributed by atoms with E-state index in [1.165, 1.54) is 21.6 Å². The van der Waals surface area contributed by atoms with Gasteiger partial charge in [0, 0.05) is 48.7 Å². The predicted molar refractivity (Wildman–Crippen MR) is 122 cm³/mol. The number of amides is 1. The third-order valence-corrected chi connectivity index (χ3v) is 5.52. The Kier molecular flexibility index (Phi) is 10.3. The highest BCUT2D eigenvalue weighted by molar-refractivity contribution is 8.76. The zero-order valence-electron chi connectivity index (χ0n) is 24.9. The zero-order valence-corrected chi connectivity index (χ0v) is 18.6. The molecule has 0 aliphatic heterocycles. The first-order chi connectivity index (χ1) is 18.1. The van der Waals surface area contributed by atoms with Crippen LogP contribution in [0.25, 0.3) is 0 Å². The van der Waals surface area contributed by atoms with Crippen LogP contribution in [0.15, 0.2) is 29.4 Å². The first-order valence-electron chi connectivity index (χ1n) is 13.5. The van der Waals surface area contributed by atoms with E-state index >= 15 is 0 Å². The van der Waals surface area contributed by atoms with Gasteiger partial charge in [-0.2, -0.15) is 0 Å². The number of carboxylic acids is 1. The van der Waals surface area contributed by atoms with Crippen molar-refractivity contribution in [2.45, 2.75) is 56.2 Å². The molecule has 1 amide bonds. The summed E-state index contributed by atoms with van der Waals surface area (Å²) in [7, 11) is 3.01. The molecule has 8 nitrogen and oxygen atoms in total. The molecule has 0 spiro atoms. The van der Waals surface area contributed by atoms with Gasteiger partial charge in [-0.1, -0.05) is 36.0 Å². The van der Waals surface area contributed by atoms with Gasteiger partial charge in [0.25, 0.3) is 0 Å². The maximum atomic E-state index is 11.8. The van der Waals surface area contributed by atoms with Gasteiger partial charge in [-0.15, -0.1) is 0 Å². The van der Waals surface area contributed by atoms with Gasteiger partial charge in [-0.3, -0.25) is 14.4 Å². The molecular weight excluding hydrogens is 440 g/mol. The van der Waals surface area contributed by atoms with E-state index in [2.05, 4.69) is 10.3 Å². The monoisotopic (exact) mass is 480 g/mol. The fraction of sp³-hybridized carbons (Fsp3) is 0.619. The lowest BCUT2D eigenvalue weighted by Crippen LogP contribution is -2.27. The van der Waals surface area contributed by atoms with Crippen LogP contribution in [0.5, 0.6) is 0 Å². The average Bonchev–Trinajstić information content (AvgIpc) is 2.86. The van der Waals surface area contributed by atoms with Gasteiger partial charge < -0.3 is 19.9 Å². The number of ether oxygens (including phenoxy) is 2. The van der Waals surface area contributed by atoms with E-state index in [1.807, 2.05) is 18.2 Å². The minimum atomic E-state index is -3.70. The summed E-state index contributed by atoms with van der Waals surface area (Å²) < 4.78 is 71.6. The second kappa shape index (κ2) is 18.9. The number of hydrogen-bond donors (Lipinski definition) is 2. The molecular formula is C21H32N2O6S2. The molecule has 1 aromatic rings. The number of carboxylic acid groups (broad SMARTS) is 1. The number of esters is 1. The van der Waals surface area contributed by atoms with E-state index < -0.39 is 43.9 Å². The molecule has 2 N–H and O–H groups in total. The molecule has 1 rings (SSSR count). The van der Waals surface area contributed by atoms with Gasteiger partial charge in [0.15, 0.2) is 0 Å². The Labute approximate surface area is 202 Å². The maximum Gasteiger partial charge on any atom is 0.305 e. The summed E-state index contributed by atoms with van der Waals surface area (Å²) in [5, 5.41) is 12.5. The summed E-state index contributed by atoms with van der Waals surface area (Å²) in [5.74, 6) is -2.50. The highest BCUT2D eigenvalue weighted by Gasteiger charge is 2.04. The molecule has 0 atom stereocenters. The first kappa shape index (κ1) is 16.8. The van der Waals surface area contributed by atoms with Gasteiger partial charge in [-0.25, -0.2) is 4.98 Å². The van der Waals surface area contributed by atoms with E-state index in [0.29, 0.717) is 12.2 Å². The molecule has 0 aromatic carbocycles. The lowest BCUT2D eigenvalue weighted by molar-refractivity contribution is -0.145. The standard InChI is InChI=1S/C21H32N2O6S2/c24-18(11-17-30-31-19-8-6-7-12-23-19)22-13-14-28-15-16-29-21(27)10-5-3-1-2-4-9-20(25)26/h6-8,12H,1-5,9-11,13-17H2,(H,22,24)(H,25,26)/i1D2,2D2,4D2,9D2.